The van der Waals surface area contributed by atoms with E-state index in [1.54, 1.807) is 0 Å². The second kappa shape index (κ2) is 13.8. The summed E-state index contributed by atoms with van der Waals surface area (Å²) < 4.78 is 62.8. The molecule has 0 aromatic carbocycles. The molecule has 35 heavy (non-hydrogen) atoms. The van der Waals surface area contributed by atoms with Gasteiger partial charge in [0.1, 0.15) is 62.5 Å². The minimum atomic E-state index is -1.54. The highest BCUT2D eigenvalue weighted by Gasteiger charge is 2.61. The van der Waals surface area contributed by atoms with Crippen LogP contribution in [0.2, 0.25) is 0 Å². The number of methoxy groups -OCH3 is 6. The third-order valence-corrected chi connectivity index (χ3v) is 5.95. The Kier molecular flexibility index (Phi) is 11.7. The zero-order valence-corrected chi connectivity index (χ0v) is 21.5. The standard InChI is InChI=1S/C22H38O13/c1-12(23)31-9-14-16(26-4)18(28-6)19(29-7)21(33-14)35-22(11-25-3)20(30-8)17(27-5)15(34-22)10-32-13(2)24/h14-21H,9-11H2,1-8H3/t14-,15-,16-,17-,18+,19-,20+,21-,22+/m1/s1. The van der Waals surface area contributed by atoms with Crippen molar-refractivity contribution in [2.75, 3.05) is 62.5 Å². The number of ether oxygens (including phenoxy) is 11. The maximum atomic E-state index is 11.4. The van der Waals surface area contributed by atoms with Crippen LogP contribution in [0.15, 0.2) is 0 Å². The van der Waals surface area contributed by atoms with Crippen LogP contribution >= 0.6 is 0 Å². The summed E-state index contributed by atoms with van der Waals surface area (Å²) in [5.41, 5.74) is 0. The van der Waals surface area contributed by atoms with Crippen molar-refractivity contribution < 1.29 is 61.7 Å². The van der Waals surface area contributed by atoms with E-state index < -0.39 is 66.7 Å². The van der Waals surface area contributed by atoms with Gasteiger partial charge >= 0.3 is 11.9 Å². The molecule has 2 heterocycles. The summed E-state index contributed by atoms with van der Waals surface area (Å²) in [7, 11) is 8.89. The van der Waals surface area contributed by atoms with Gasteiger partial charge in [0, 0.05) is 56.5 Å². The van der Waals surface area contributed by atoms with Crippen LogP contribution in [0.5, 0.6) is 0 Å². The molecule has 13 nitrogen and oxygen atoms in total. The summed E-state index contributed by atoms with van der Waals surface area (Å²) in [5.74, 6) is -2.49. The molecule has 0 aliphatic carbocycles. The van der Waals surface area contributed by atoms with Gasteiger partial charge in [0.25, 0.3) is 0 Å². The molecule has 2 saturated heterocycles. The van der Waals surface area contributed by atoms with Crippen molar-refractivity contribution >= 4 is 11.9 Å². The molecule has 204 valence electrons. The van der Waals surface area contributed by atoms with Gasteiger partial charge in [-0.05, 0) is 0 Å². The number of hydrogen-bond acceptors (Lipinski definition) is 13. The minimum absolute atomic E-state index is 0.0851. The molecular formula is C22H38O13. The molecule has 0 amide bonds. The zero-order valence-electron chi connectivity index (χ0n) is 21.5. The third kappa shape index (κ3) is 6.87. The van der Waals surface area contributed by atoms with E-state index in [4.69, 9.17) is 52.1 Å². The van der Waals surface area contributed by atoms with Gasteiger partial charge in [0.2, 0.25) is 5.79 Å². The van der Waals surface area contributed by atoms with E-state index >= 15 is 0 Å². The normalized spacial score (nSPS) is 37.3. The molecule has 0 unspecified atom stereocenters. The molecule has 9 atom stereocenters. The average molecular weight is 511 g/mol. The lowest BCUT2D eigenvalue weighted by atomic mass is 9.98. The SMILES string of the molecule is COC[C@@]1(O[C@H]2O[C@H](COC(C)=O)[C@@H](OC)[C@H](OC)[C@H]2OC)O[C@H](COC(C)=O)[C@@H](OC)[C@@H]1OC. The molecule has 0 aromatic rings. The highest BCUT2D eigenvalue weighted by molar-refractivity contribution is 5.66. The highest BCUT2D eigenvalue weighted by atomic mass is 16.8. The maximum Gasteiger partial charge on any atom is 0.302 e. The summed E-state index contributed by atoms with van der Waals surface area (Å²) in [5, 5.41) is 0. The van der Waals surface area contributed by atoms with E-state index in [9.17, 15) is 9.59 Å². The summed E-state index contributed by atoms with van der Waals surface area (Å²) in [6, 6.07) is 0. The molecular weight excluding hydrogens is 472 g/mol. The lowest BCUT2D eigenvalue weighted by Crippen LogP contribution is -2.64. The fourth-order valence-corrected chi connectivity index (χ4v) is 4.50. The molecule has 0 radical (unpaired) electrons. The highest BCUT2D eigenvalue weighted by Crippen LogP contribution is 2.40. The van der Waals surface area contributed by atoms with Crippen molar-refractivity contribution in [1.82, 2.24) is 0 Å². The topological polar surface area (TPSA) is 136 Å². The van der Waals surface area contributed by atoms with E-state index in [0.29, 0.717) is 0 Å². The number of hydrogen-bond donors (Lipinski definition) is 0. The molecule has 0 saturated carbocycles. The predicted molar refractivity (Wildman–Crippen MR) is 116 cm³/mol. The Morgan fingerprint density at radius 1 is 0.714 bits per heavy atom. The molecule has 2 aliphatic heterocycles. The van der Waals surface area contributed by atoms with Crippen molar-refractivity contribution in [3.05, 3.63) is 0 Å². The largest absolute Gasteiger partial charge is 0.463 e. The van der Waals surface area contributed by atoms with Crippen LogP contribution in [0.1, 0.15) is 13.8 Å². The van der Waals surface area contributed by atoms with Crippen molar-refractivity contribution in [2.45, 2.75) is 68.7 Å². The smallest absolute Gasteiger partial charge is 0.302 e. The van der Waals surface area contributed by atoms with Crippen LogP contribution in [0.3, 0.4) is 0 Å². The Labute approximate surface area is 205 Å². The minimum Gasteiger partial charge on any atom is -0.463 e. The second-order valence-electron chi connectivity index (χ2n) is 8.12. The van der Waals surface area contributed by atoms with Gasteiger partial charge in [-0.25, -0.2) is 0 Å². The summed E-state index contributed by atoms with van der Waals surface area (Å²) in [4.78, 5) is 22.8. The van der Waals surface area contributed by atoms with E-state index in [2.05, 4.69) is 0 Å². The van der Waals surface area contributed by atoms with Gasteiger partial charge in [-0.15, -0.1) is 0 Å². The van der Waals surface area contributed by atoms with Crippen LogP contribution < -0.4 is 0 Å². The molecule has 2 aliphatic rings. The predicted octanol–water partition coefficient (Wildman–Crippen LogP) is -0.329. The molecule has 0 aromatic heterocycles. The molecule has 0 bridgehead atoms. The van der Waals surface area contributed by atoms with E-state index in [1.165, 1.54) is 56.5 Å². The Morgan fingerprint density at radius 3 is 1.71 bits per heavy atom. The lowest BCUT2D eigenvalue weighted by Gasteiger charge is -2.47. The Hall–Kier alpha value is -1.42. The lowest BCUT2D eigenvalue weighted by molar-refractivity contribution is -0.389. The summed E-state index contributed by atoms with van der Waals surface area (Å²) in [6.45, 7) is 2.30. The number of carbonyl (C=O) groups is 2. The quantitative estimate of drug-likeness (QED) is 0.299. The average Bonchev–Trinajstić information content (AvgIpc) is 3.12. The monoisotopic (exact) mass is 510 g/mol. The summed E-state index contributed by atoms with van der Waals surface area (Å²) >= 11 is 0. The molecule has 13 heteroatoms. The van der Waals surface area contributed by atoms with Crippen molar-refractivity contribution in [2.24, 2.45) is 0 Å². The van der Waals surface area contributed by atoms with Crippen LogP contribution in [0.4, 0.5) is 0 Å². The first-order valence-corrected chi connectivity index (χ1v) is 11.1. The third-order valence-electron chi connectivity index (χ3n) is 5.95. The van der Waals surface area contributed by atoms with Gasteiger partial charge in [-0.3, -0.25) is 9.59 Å². The zero-order chi connectivity index (χ0) is 26.2. The second-order valence-corrected chi connectivity index (χ2v) is 8.12. The fourth-order valence-electron chi connectivity index (χ4n) is 4.50. The molecule has 2 rings (SSSR count). The van der Waals surface area contributed by atoms with E-state index in [1.807, 2.05) is 0 Å². The van der Waals surface area contributed by atoms with Gasteiger partial charge in [0.05, 0.1) is 0 Å². The Bertz CT molecular complexity index is 676. The number of esters is 2. The Morgan fingerprint density at radius 2 is 1.26 bits per heavy atom. The van der Waals surface area contributed by atoms with Crippen molar-refractivity contribution in [3.8, 4) is 0 Å². The maximum absolute atomic E-state index is 11.4. The van der Waals surface area contributed by atoms with Crippen LogP contribution in [-0.4, -0.2) is 129 Å². The van der Waals surface area contributed by atoms with Crippen LogP contribution in [0, 0.1) is 0 Å². The first-order chi connectivity index (χ1) is 16.7. The van der Waals surface area contributed by atoms with Gasteiger partial charge in [0.15, 0.2) is 6.29 Å². The van der Waals surface area contributed by atoms with Crippen LogP contribution in [-0.2, 0) is 61.7 Å². The molecule has 0 spiro atoms. The van der Waals surface area contributed by atoms with Gasteiger partial charge < -0.3 is 52.1 Å². The van der Waals surface area contributed by atoms with E-state index in [0.717, 1.165) is 0 Å². The van der Waals surface area contributed by atoms with E-state index in [-0.39, 0.29) is 19.8 Å². The van der Waals surface area contributed by atoms with Gasteiger partial charge in [-0.1, -0.05) is 0 Å². The van der Waals surface area contributed by atoms with Crippen molar-refractivity contribution in [1.29, 1.82) is 0 Å². The number of carbonyl (C=O) groups excluding carboxylic acids is 2. The van der Waals surface area contributed by atoms with Crippen molar-refractivity contribution in [3.63, 3.8) is 0 Å². The van der Waals surface area contributed by atoms with Gasteiger partial charge in [-0.2, -0.15) is 0 Å². The first-order valence-electron chi connectivity index (χ1n) is 11.1. The summed E-state index contributed by atoms with van der Waals surface area (Å²) in [6.07, 6.45) is -6.09. The number of rotatable bonds is 13. The molecule has 0 N–H and O–H groups in total. The van der Waals surface area contributed by atoms with Crippen LogP contribution in [0.25, 0.3) is 0 Å². The fraction of sp³-hybridized carbons (Fsp3) is 0.909. The Balaban J connectivity index is 2.39. The molecule has 2 fully saturated rings. The first kappa shape index (κ1) is 29.8.